The van der Waals surface area contributed by atoms with Crippen molar-refractivity contribution in [2.24, 2.45) is 0 Å². The second-order valence-electron chi connectivity index (χ2n) is 6.56. The SMILES string of the molecule is COc1ccc(C2=C(NCc3cccc(OC)c3)c3ccccc3C2=O)cc1. The third kappa shape index (κ3) is 3.25. The quantitative estimate of drug-likeness (QED) is 0.690. The van der Waals surface area contributed by atoms with Crippen LogP contribution >= 0.6 is 0 Å². The van der Waals surface area contributed by atoms with Crippen LogP contribution in [0.3, 0.4) is 0 Å². The molecule has 4 rings (SSSR count). The monoisotopic (exact) mass is 371 g/mol. The molecule has 3 aromatic rings. The Hall–Kier alpha value is -3.53. The van der Waals surface area contributed by atoms with E-state index in [-0.39, 0.29) is 5.78 Å². The Labute approximate surface area is 164 Å². The summed E-state index contributed by atoms with van der Waals surface area (Å²) in [5, 5.41) is 3.48. The molecule has 0 radical (unpaired) electrons. The summed E-state index contributed by atoms with van der Waals surface area (Å²) in [5.41, 5.74) is 5.15. The molecule has 0 aromatic heterocycles. The molecule has 0 unspecified atom stereocenters. The fraction of sp³-hybridized carbons (Fsp3) is 0.125. The minimum atomic E-state index is 0.0360. The number of fused-ring (bicyclic) bond motifs is 1. The number of carbonyl (C=O) groups is 1. The van der Waals surface area contributed by atoms with Crippen LogP contribution in [-0.4, -0.2) is 20.0 Å². The molecule has 1 N–H and O–H groups in total. The van der Waals surface area contributed by atoms with Crippen molar-refractivity contribution in [3.63, 3.8) is 0 Å². The second kappa shape index (κ2) is 7.61. The summed E-state index contributed by atoms with van der Waals surface area (Å²) < 4.78 is 10.6. The first kappa shape index (κ1) is 17.9. The van der Waals surface area contributed by atoms with Gasteiger partial charge in [0, 0.05) is 17.7 Å². The maximum absolute atomic E-state index is 13.1. The molecule has 0 fully saturated rings. The highest BCUT2D eigenvalue weighted by molar-refractivity contribution is 6.39. The number of methoxy groups -OCH3 is 2. The van der Waals surface area contributed by atoms with E-state index >= 15 is 0 Å². The zero-order chi connectivity index (χ0) is 19.5. The van der Waals surface area contributed by atoms with E-state index in [9.17, 15) is 4.79 Å². The molecule has 0 heterocycles. The van der Waals surface area contributed by atoms with E-state index in [1.165, 1.54) is 0 Å². The third-order valence-corrected chi connectivity index (χ3v) is 4.90. The number of ketones is 1. The van der Waals surface area contributed by atoms with Gasteiger partial charge in [-0.1, -0.05) is 48.5 Å². The number of benzene rings is 3. The highest BCUT2D eigenvalue weighted by Gasteiger charge is 2.30. The van der Waals surface area contributed by atoms with Gasteiger partial charge in [0.05, 0.1) is 25.5 Å². The van der Waals surface area contributed by atoms with Crippen molar-refractivity contribution in [3.8, 4) is 11.5 Å². The van der Waals surface area contributed by atoms with Gasteiger partial charge in [-0.3, -0.25) is 4.79 Å². The van der Waals surface area contributed by atoms with Crippen molar-refractivity contribution in [1.82, 2.24) is 5.32 Å². The number of Topliss-reactive ketones (excluding diaryl/α,β-unsaturated/α-hetero) is 1. The maximum atomic E-state index is 13.1. The minimum absolute atomic E-state index is 0.0360. The summed E-state index contributed by atoms with van der Waals surface area (Å²) in [6, 6.07) is 23.2. The number of nitrogens with one attached hydrogen (secondary N) is 1. The molecular weight excluding hydrogens is 350 g/mol. The smallest absolute Gasteiger partial charge is 0.196 e. The number of rotatable bonds is 6. The van der Waals surface area contributed by atoms with E-state index in [1.807, 2.05) is 72.8 Å². The van der Waals surface area contributed by atoms with Crippen LogP contribution in [0.15, 0.2) is 72.8 Å². The van der Waals surface area contributed by atoms with E-state index in [1.54, 1.807) is 14.2 Å². The van der Waals surface area contributed by atoms with Gasteiger partial charge in [0.25, 0.3) is 0 Å². The number of ether oxygens (including phenoxy) is 2. The van der Waals surface area contributed by atoms with Gasteiger partial charge in [0.15, 0.2) is 5.78 Å². The lowest BCUT2D eigenvalue weighted by atomic mass is 10.0. The Bertz CT molecular complexity index is 1050. The van der Waals surface area contributed by atoms with Crippen LogP contribution < -0.4 is 14.8 Å². The number of hydrogen-bond acceptors (Lipinski definition) is 4. The standard InChI is InChI=1S/C24H21NO3/c1-27-18-12-10-17(11-13-18)22-23(20-8-3-4-9-21(20)24(22)26)25-15-16-6-5-7-19(14-16)28-2/h3-14,25H,15H2,1-2H3. The Morgan fingerprint density at radius 2 is 1.50 bits per heavy atom. The molecule has 0 aliphatic heterocycles. The van der Waals surface area contributed by atoms with E-state index < -0.39 is 0 Å². The van der Waals surface area contributed by atoms with Gasteiger partial charge >= 0.3 is 0 Å². The van der Waals surface area contributed by atoms with Crippen molar-refractivity contribution in [3.05, 3.63) is 95.1 Å². The van der Waals surface area contributed by atoms with Gasteiger partial charge in [-0.2, -0.15) is 0 Å². The molecule has 0 saturated carbocycles. The molecule has 0 atom stereocenters. The Balaban J connectivity index is 1.73. The van der Waals surface area contributed by atoms with Gasteiger partial charge in [-0.25, -0.2) is 0 Å². The summed E-state index contributed by atoms with van der Waals surface area (Å²) >= 11 is 0. The summed E-state index contributed by atoms with van der Waals surface area (Å²) in [7, 11) is 3.29. The van der Waals surface area contributed by atoms with Crippen LogP contribution in [0.1, 0.15) is 27.0 Å². The van der Waals surface area contributed by atoms with Crippen molar-refractivity contribution in [1.29, 1.82) is 0 Å². The van der Waals surface area contributed by atoms with Gasteiger partial charge in [-0.15, -0.1) is 0 Å². The maximum Gasteiger partial charge on any atom is 0.196 e. The zero-order valence-electron chi connectivity index (χ0n) is 15.9. The minimum Gasteiger partial charge on any atom is -0.497 e. The van der Waals surface area contributed by atoms with Gasteiger partial charge < -0.3 is 14.8 Å². The second-order valence-corrected chi connectivity index (χ2v) is 6.56. The molecule has 1 aliphatic rings. The van der Waals surface area contributed by atoms with Crippen molar-refractivity contribution >= 4 is 17.1 Å². The van der Waals surface area contributed by atoms with E-state index in [0.29, 0.717) is 12.1 Å². The van der Waals surface area contributed by atoms with Crippen molar-refractivity contribution < 1.29 is 14.3 Å². The average Bonchev–Trinajstić information content (AvgIpc) is 3.04. The fourth-order valence-corrected chi connectivity index (χ4v) is 3.47. The van der Waals surface area contributed by atoms with E-state index in [0.717, 1.165) is 39.4 Å². The summed E-state index contributed by atoms with van der Waals surface area (Å²) in [4.78, 5) is 13.1. The predicted molar refractivity (Wildman–Crippen MR) is 110 cm³/mol. The summed E-state index contributed by atoms with van der Waals surface area (Å²) in [5.74, 6) is 1.61. The van der Waals surface area contributed by atoms with Crippen molar-refractivity contribution in [2.75, 3.05) is 14.2 Å². The molecule has 140 valence electrons. The fourth-order valence-electron chi connectivity index (χ4n) is 3.47. The molecular formula is C24H21NO3. The normalized spacial score (nSPS) is 12.7. The van der Waals surface area contributed by atoms with Crippen LogP contribution in [0.2, 0.25) is 0 Å². The van der Waals surface area contributed by atoms with Crippen molar-refractivity contribution in [2.45, 2.75) is 6.54 Å². The lowest BCUT2D eigenvalue weighted by Crippen LogP contribution is -2.12. The van der Waals surface area contributed by atoms with Gasteiger partial charge in [-0.05, 0) is 35.4 Å². The zero-order valence-corrected chi connectivity index (χ0v) is 15.9. The van der Waals surface area contributed by atoms with Crippen LogP contribution in [0.25, 0.3) is 11.3 Å². The van der Waals surface area contributed by atoms with Crippen LogP contribution in [-0.2, 0) is 6.54 Å². The predicted octanol–water partition coefficient (Wildman–Crippen LogP) is 4.56. The summed E-state index contributed by atoms with van der Waals surface area (Å²) in [6.45, 7) is 0.591. The first-order valence-electron chi connectivity index (χ1n) is 9.11. The molecule has 0 spiro atoms. The number of allylic oxidation sites excluding steroid dienone is 1. The van der Waals surface area contributed by atoms with E-state index in [4.69, 9.17) is 9.47 Å². The number of hydrogen-bond donors (Lipinski definition) is 1. The highest BCUT2D eigenvalue weighted by atomic mass is 16.5. The van der Waals surface area contributed by atoms with Crippen LogP contribution in [0, 0.1) is 0 Å². The Kier molecular flexibility index (Phi) is 4.85. The number of carbonyl (C=O) groups excluding carboxylic acids is 1. The molecule has 0 saturated heterocycles. The average molecular weight is 371 g/mol. The molecule has 4 heteroatoms. The van der Waals surface area contributed by atoms with Gasteiger partial charge in [0.1, 0.15) is 11.5 Å². The first-order chi connectivity index (χ1) is 13.7. The largest absolute Gasteiger partial charge is 0.497 e. The first-order valence-corrected chi connectivity index (χ1v) is 9.11. The Morgan fingerprint density at radius 3 is 2.21 bits per heavy atom. The van der Waals surface area contributed by atoms with Gasteiger partial charge in [0.2, 0.25) is 0 Å². The molecule has 1 aliphatic carbocycles. The molecule has 0 bridgehead atoms. The highest BCUT2D eigenvalue weighted by Crippen LogP contribution is 2.37. The molecule has 3 aromatic carbocycles. The summed E-state index contributed by atoms with van der Waals surface area (Å²) in [6.07, 6.45) is 0. The van der Waals surface area contributed by atoms with E-state index in [2.05, 4.69) is 5.32 Å². The third-order valence-electron chi connectivity index (χ3n) is 4.90. The molecule has 28 heavy (non-hydrogen) atoms. The molecule has 4 nitrogen and oxygen atoms in total. The lowest BCUT2D eigenvalue weighted by molar-refractivity contribution is 0.105. The topological polar surface area (TPSA) is 47.6 Å². The van der Waals surface area contributed by atoms with Crippen LogP contribution in [0.5, 0.6) is 11.5 Å². The van der Waals surface area contributed by atoms with Crippen LogP contribution in [0.4, 0.5) is 0 Å². The lowest BCUT2D eigenvalue weighted by Gasteiger charge is -2.12. The Morgan fingerprint density at radius 1 is 0.786 bits per heavy atom. The molecule has 0 amide bonds.